The summed E-state index contributed by atoms with van der Waals surface area (Å²) in [6.45, 7) is 6.45. The number of hydrogen-bond donors (Lipinski definition) is 0. The van der Waals surface area contributed by atoms with E-state index in [4.69, 9.17) is 4.74 Å². The first-order chi connectivity index (χ1) is 8.60. The molecule has 1 aromatic rings. The molecular formula is C15H23NO2. The number of methoxy groups -OCH3 is 1. The van der Waals surface area contributed by atoms with E-state index in [1.807, 2.05) is 18.3 Å². The van der Waals surface area contributed by atoms with Crippen molar-refractivity contribution >= 4 is 5.97 Å². The number of pyridine rings is 1. The first kappa shape index (κ1) is 14.7. The predicted octanol–water partition coefficient (Wildman–Crippen LogP) is 3.10. The van der Waals surface area contributed by atoms with Crippen molar-refractivity contribution < 1.29 is 9.53 Å². The Morgan fingerprint density at radius 3 is 2.61 bits per heavy atom. The molecule has 1 aromatic heterocycles. The molecule has 3 nitrogen and oxygen atoms in total. The first-order valence-corrected chi connectivity index (χ1v) is 6.56. The topological polar surface area (TPSA) is 39.2 Å². The predicted molar refractivity (Wildman–Crippen MR) is 72.1 cm³/mol. The summed E-state index contributed by atoms with van der Waals surface area (Å²) in [5, 5.41) is 0. The van der Waals surface area contributed by atoms with Crippen LogP contribution >= 0.6 is 0 Å². The molecule has 0 aliphatic rings. The van der Waals surface area contributed by atoms with Crippen molar-refractivity contribution in [3.05, 3.63) is 30.1 Å². The van der Waals surface area contributed by atoms with E-state index < -0.39 is 0 Å². The third kappa shape index (κ3) is 3.83. The molecular weight excluding hydrogens is 226 g/mol. The normalized spacial score (nSPS) is 14.3. The summed E-state index contributed by atoms with van der Waals surface area (Å²) in [6, 6.07) is 3.91. The van der Waals surface area contributed by atoms with Gasteiger partial charge in [0.1, 0.15) is 0 Å². The smallest absolute Gasteiger partial charge is 0.309 e. The van der Waals surface area contributed by atoms with Gasteiger partial charge in [0.2, 0.25) is 0 Å². The fraction of sp³-hybridized carbons (Fsp3) is 0.600. The summed E-state index contributed by atoms with van der Waals surface area (Å²) in [7, 11) is 1.46. The molecule has 3 heteroatoms. The maximum Gasteiger partial charge on any atom is 0.309 e. The summed E-state index contributed by atoms with van der Waals surface area (Å²) in [6.07, 6.45) is 5.26. The van der Waals surface area contributed by atoms with Crippen molar-refractivity contribution in [3.8, 4) is 0 Å². The number of ether oxygens (including phenoxy) is 1. The van der Waals surface area contributed by atoms with E-state index in [2.05, 4.69) is 25.8 Å². The van der Waals surface area contributed by atoms with E-state index in [1.165, 1.54) is 7.11 Å². The number of carbonyl (C=O) groups is 1. The Bertz CT molecular complexity index is 362. The molecule has 0 aromatic carbocycles. The monoisotopic (exact) mass is 249 g/mol. The highest BCUT2D eigenvalue weighted by molar-refractivity contribution is 5.73. The van der Waals surface area contributed by atoms with Crippen LogP contribution in [0.25, 0.3) is 0 Å². The van der Waals surface area contributed by atoms with Crippen molar-refractivity contribution in [2.24, 2.45) is 17.8 Å². The van der Waals surface area contributed by atoms with E-state index in [9.17, 15) is 4.79 Å². The van der Waals surface area contributed by atoms with E-state index in [0.29, 0.717) is 18.3 Å². The highest BCUT2D eigenvalue weighted by atomic mass is 16.5. The number of esters is 1. The lowest BCUT2D eigenvalue weighted by atomic mass is 9.78. The van der Waals surface area contributed by atoms with Gasteiger partial charge in [-0.25, -0.2) is 0 Å². The molecule has 2 atom stereocenters. The second kappa shape index (κ2) is 7.14. The molecule has 0 bridgehead atoms. The molecule has 0 aliphatic carbocycles. The van der Waals surface area contributed by atoms with Crippen LogP contribution in [0, 0.1) is 17.8 Å². The molecule has 0 spiro atoms. The Kier molecular flexibility index (Phi) is 5.83. The lowest BCUT2D eigenvalue weighted by molar-refractivity contribution is -0.148. The summed E-state index contributed by atoms with van der Waals surface area (Å²) in [5.41, 5.74) is 1.09. The van der Waals surface area contributed by atoms with Gasteiger partial charge >= 0.3 is 5.97 Å². The lowest BCUT2D eigenvalue weighted by Gasteiger charge is -2.27. The van der Waals surface area contributed by atoms with Crippen LogP contribution in [-0.4, -0.2) is 18.1 Å². The minimum atomic E-state index is -0.112. The van der Waals surface area contributed by atoms with Crippen LogP contribution < -0.4 is 0 Å². The van der Waals surface area contributed by atoms with Crippen molar-refractivity contribution in [3.63, 3.8) is 0 Å². The third-order valence-electron chi connectivity index (χ3n) is 3.53. The second-order valence-corrected chi connectivity index (χ2v) is 5.01. The van der Waals surface area contributed by atoms with E-state index in [-0.39, 0.29) is 11.9 Å². The van der Waals surface area contributed by atoms with Gasteiger partial charge in [-0.3, -0.25) is 9.78 Å². The molecule has 0 saturated heterocycles. The van der Waals surface area contributed by atoms with E-state index in [0.717, 1.165) is 12.0 Å². The van der Waals surface area contributed by atoms with Crippen molar-refractivity contribution in [1.82, 2.24) is 4.98 Å². The van der Waals surface area contributed by atoms with E-state index >= 15 is 0 Å². The third-order valence-corrected chi connectivity index (χ3v) is 3.53. The average molecular weight is 249 g/mol. The SMILES string of the molecule is CCC(C(C)C)C(Cc1cccnc1)C(=O)OC. The van der Waals surface area contributed by atoms with Crippen LogP contribution in [-0.2, 0) is 16.0 Å². The number of rotatable bonds is 6. The summed E-state index contributed by atoms with van der Waals surface area (Å²) < 4.78 is 4.96. The van der Waals surface area contributed by atoms with Crippen LogP contribution in [0.5, 0.6) is 0 Å². The lowest BCUT2D eigenvalue weighted by Crippen LogP contribution is -2.30. The number of carbonyl (C=O) groups excluding carboxylic acids is 1. The molecule has 2 unspecified atom stereocenters. The maximum atomic E-state index is 12.0. The van der Waals surface area contributed by atoms with Gasteiger partial charge in [0.25, 0.3) is 0 Å². The average Bonchev–Trinajstić information content (AvgIpc) is 2.38. The van der Waals surface area contributed by atoms with Crippen LogP contribution in [0.1, 0.15) is 32.8 Å². The molecule has 1 rings (SSSR count). The number of aromatic nitrogens is 1. The summed E-state index contributed by atoms with van der Waals surface area (Å²) in [4.78, 5) is 16.1. The molecule has 1 heterocycles. The Hall–Kier alpha value is -1.38. The second-order valence-electron chi connectivity index (χ2n) is 5.01. The van der Waals surface area contributed by atoms with Gasteiger partial charge in [-0.1, -0.05) is 33.3 Å². The Morgan fingerprint density at radius 2 is 2.17 bits per heavy atom. The molecule has 0 N–H and O–H groups in total. The molecule has 0 saturated carbocycles. The van der Waals surface area contributed by atoms with Gasteiger partial charge in [-0.15, -0.1) is 0 Å². The van der Waals surface area contributed by atoms with Crippen LogP contribution in [0.2, 0.25) is 0 Å². The standard InChI is InChI=1S/C15H23NO2/c1-5-13(11(2)3)14(15(17)18-4)9-12-7-6-8-16-10-12/h6-8,10-11,13-14H,5,9H2,1-4H3. The Balaban J connectivity index is 2.88. The van der Waals surface area contributed by atoms with Crippen molar-refractivity contribution in [2.45, 2.75) is 33.6 Å². The number of nitrogens with zero attached hydrogens (tertiary/aromatic N) is 1. The molecule has 0 fully saturated rings. The van der Waals surface area contributed by atoms with Crippen molar-refractivity contribution in [2.75, 3.05) is 7.11 Å². The highest BCUT2D eigenvalue weighted by Crippen LogP contribution is 2.28. The van der Waals surface area contributed by atoms with Gasteiger partial charge in [0.15, 0.2) is 0 Å². The molecule has 100 valence electrons. The zero-order valence-electron chi connectivity index (χ0n) is 11.7. The Labute approximate surface area is 110 Å². The van der Waals surface area contributed by atoms with Crippen LogP contribution in [0.3, 0.4) is 0 Å². The van der Waals surface area contributed by atoms with Crippen LogP contribution in [0.15, 0.2) is 24.5 Å². The largest absolute Gasteiger partial charge is 0.469 e. The van der Waals surface area contributed by atoms with Gasteiger partial charge in [-0.05, 0) is 29.9 Å². The quantitative estimate of drug-likeness (QED) is 0.727. The van der Waals surface area contributed by atoms with Gasteiger partial charge in [0.05, 0.1) is 13.0 Å². The molecule has 18 heavy (non-hydrogen) atoms. The summed E-state index contributed by atoms with van der Waals surface area (Å²) >= 11 is 0. The molecule has 0 amide bonds. The Morgan fingerprint density at radius 1 is 1.44 bits per heavy atom. The van der Waals surface area contributed by atoms with Crippen molar-refractivity contribution in [1.29, 1.82) is 0 Å². The minimum absolute atomic E-state index is 0.0794. The highest BCUT2D eigenvalue weighted by Gasteiger charge is 2.30. The fourth-order valence-corrected chi connectivity index (χ4v) is 2.55. The maximum absolute atomic E-state index is 12.0. The van der Waals surface area contributed by atoms with Crippen LogP contribution in [0.4, 0.5) is 0 Å². The summed E-state index contributed by atoms with van der Waals surface area (Å²) in [5.74, 6) is 0.622. The first-order valence-electron chi connectivity index (χ1n) is 6.56. The fourth-order valence-electron chi connectivity index (χ4n) is 2.55. The molecule has 0 radical (unpaired) electrons. The van der Waals surface area contributed by atoms with Gasteiger partial charge in [-0.2, -0.15) is 0 Å². The van der Waals surface area contributed by atoms with E-state index in [1.54, 1.807) is 6.20 Å². The zero-order valence-corrected chi connectivity index (χ0v) is 11.7. The zero-order chi connectivity index (χ0) is 13.5. The van der Waals surface area contributed by atoms with Gasteiger partial charge < -0.3 is 4.74 Å². The molecule has 0 aliphatic heterocycles. The van der Waals surface area contributed by atoms with Gasteiger partial charge in [0, 0.05) is 12.4 Å². The number of hydrogen-bond acceptors (Lipinski definition) is 3. The minimum Gasteiger partial charge on any atom is -0.469 e.